The number of carbonyl (C=O) groups excluding carboxylic acids is 2. The highest BCUT2D eigenvalue weighted by Crippen LogP contribution is 2.43. The van der Waals surface area contributed by atoms with E-state index in [2.05, 4.69) is 48.8 Å². The van der Waals surface area contributed by atoms with Crippen LogP contribution in [0.5, 0.6) is 0 Å². The number of unbranched alkanes of at least 4 members (excludes halogenated alkanes) is 13. The lowest BCUT2D eigenvalue weighted by Gasteiger charge is -2.20. The number of phosphoric ester groups is 1. The van der Waals surface area contributed by atoms with E-state index in [0.29, 0.717) is 19.3 Å². The molecule has 0 aromatic heterocycles. The summed E-state index contributed by atoms with van der Waals surface area (Å²) in [5, 5.41) is 18.3. The number of hydrogen-bond donors (Lipinski definition) is 3. The predicted molar refractivity (Wildman–Crippen MR) is 219 cm³/mol. The Hall–Kier alpha value is -2.85. The van der Waals surface area contributed by atoms with Crippen molar-refractivity contribution in [2.45, 2.75) is 148 Å². The van der Waals surface area contributed by atoms with E-state index in [0.717, 1.165) is 44.9 Å². The van der Waals surface area contributed by atoms with Crippen LogP contribution in [0.4, 0.5) is 0 Å². The van der Waals surface area contributed by atoms with Crippen LogP contribution in [0.25, 0.3) is 0 Å². The Morgan fingerprint density at radius 1 is 0.574 bits per heavy atom. The van der Waals surface area contributed by atoms with E-state index in [-0.39, 0.29) is 19.4 Å². The number of rotatable bonds is 36. The van der Waals surface area contributed by atoms with Gasteiger partial charge in [0.25, 0.3) is 0 Å². The monoisotopic (exact) mass is 778 g/mol. The van der Waals surface area contributed by atoms with Crippen molar-refractivity contribution >= 4 is 19.8 Å². The second-order valence-corrected chi connectivity index (χ2v) is 14.5. The topological polar surface area (TPSA) is 149 Å². The van der Waals surface area contributed by atoms with Crippen molar-refractivity contribution in [1.29, 1.82) is 0 Å². The lowest BCUT2D eigenvalue weighted by Crippen LogP contribution is -2.29. The second-order valence-electron chi connectivity index (χ2n) is 13.1. The Morgan fingerprint density at radius 2 is 1.04 bits per heavy atom. The zero-order valence-corrected chi connectivity index (χ0v) is 34.0. The summed E-state index contributed by atoms with van der Waals surface area (Å²) < 4.78 is 32.5. The first-order chi connectivity index (χ1) is 26.2. The number of aliphatic hydroxyl groups is 2. The van der Waals surface area contributed by atoms with Gasteiger partial charge in [0.2, 0.25) is 0 Å². The summed E-state index contributed by atoms with van der Waals surface area (Å²) in [6.45, 7) is 2.10. The van der Waals surface area contributed by atoms with Crippen molar-refractivity contribution in [3.05, 3.63) is 85.1 Å². The van der Waals surface area contributed by atoms with Crippen LogP contribution >= 0.6 is 7.82 Å². The Morgan fingerprint density at radius 3 is 1.61 bits per heavy atom. The number of phosphoric acid groups is 1. The van der Waals surface area contributed by atoms with Crippen molar-refractivity contribution in [3.63, 3.8) is 0 Å². The molecule has 308 valence electrons. The van der Waals surface area contributed by atoms with Crippen LogP contribution in [-0.2, 0) is 32.7 Å². The molecule has 0 heterocycles. The molecular formula is C43H71O10P. The molecule has 0 amide bonds. The van der Waals surface area contributed by atoms with Gasteiger partial charge in [-0.15, -0.1) is 0 Å². The van der Waals surface area contributed by atoms with Crippen LogP contribution < -0.4 is 0 Å². The van der Waals surface area contributed by atoms with Gasteiger partial charge in [0, 0.05) is 12.8 Å². The fourth-order valence-corrected chi connectivity index (χ4v) is 5.63. The number of esters is 2. The summed E-state index contributed by atoms with van der Waals surface area (Å²) in [6, 6.07) is 0. The molecule has 11 heteroatoms. The van der Waals surface area contributed by atoms with Gasteiger partial charge in [-0.25, -0.2) is 4.57 Å². The average Bonchev–Trinajstić information content (AvgIpc) is 3.16. The largest absolute Gasteiger partial charge is 0.472 e. The molecule has 0 aromatic carbocycles. The van der Waals surface area contributed by atoms with E-state index < -0.39 is 51.8 Å². The van der Waals surface area contributed by atoms with Gasteiger partial charge in [0.05, 0.1) is 19.8 Å². The lowest BCUT2D eigenvalue weighted by molar-refractivity contribution is -0.161. The summed E-state index contributed by atoms with van der Waals surface area (Å²) in [7, 11) is -4.64. The fraction of sp³-hybridized carbons (Fsp3) is 0.628. The Balaban J connectivity index is 4.46. The van der Waals surface area contributed by atoms with E-state index >= 15 is 0 Å². The number of ether oxygens (including phenoxy) is 2. The molecule has 2 unspecified atom stereocenters. The molecule has 0 bridgehead atoms. The number of aliphatic hydroxyl groups excluding tert-OH is 2. The average molecular weight is 779 g/mol. The van der Waals surface area contributed by atoms with Gasteiger partial charge < -0.3 is 24.6 Å². The van der Waals surface area contributed by atoms with E-state index in [1.807, 2.05) is 54.7 Å². The molecule has 0 aromatic rings. The van der Waals surface area contributed by atoms with Crippen LogP contribution in [0.15, 0.2) is 85.1 Å². The van der Waals surface area contributed by atoms with Gasteiger partial charge in [-0.1, -0.05) is 157 Å². The SMILES string of the molecule is CC/C=C/C=C/C=C/C=C/C=C/CCCC(=O)OC(COC(=O)CCCCCCC/C=C/C=C/CCCCCCCCC)COP(=O)(O)OC[C@H](O)CO. The summed E-state index contributed by atoms with van der Waals surface area (Å²) in [6.07, 6.45) is 44.3. The molecule has 0 aliphatic heterocycles. The summed E-state index contributed by atoms with van der Waals surface area (Å²) >= 11 is 0. The number of hydrogen-bond acceptors (Lipinski definition) is 9. The highest BCUT2D eigenvalue weighted by atomic mass is 31.2. The molecule has 3 atom stereocenters. The first-order valence-electron chi connectivity index (χ1n) is 20.1. The zero-order chi connectivity index (χ0) is 39.8. The van der Waals surface area contributed by atoms with Crippen LogP contribution in [0, 0.1) is 0 Å². The number of carbonyl (C=O) groups is 2. The normalized spacial score (nSPS) is 14.8. The fourth-order valence-electron chi connectivity index (χ4n) is 4.84. The highest BCUT2D eigenvalue weighted by molar-refractivity contribution is 7.47. The third-order valence-electron chi connectivity index (χ3n) is 7.94. The Labute approximate surface area is 326 Å². The summed E-state index contributed by atoms with van der Waals surface area (Å²) in [5.74, 6) is -1.04. The van der Waals surface area contributed by atoms with Gasteiger partial charge in [-0.05, 0) is 51.4 Å². The molecular weight excluding hydrogens is 707 g/mol. The minimum absolute atomic E-state index is 0.0796. The van der Waals surface area contributed by atoms with E-state index in [9.17, 15) is 24.2 Å². The molecule has 0 aliphatic carbocycles. The smallest absolute Gasteiger partial charge is 0.462 e. The molecule has 0 fully saturated rings. The standard InChI is InChI=1S/C43H71O10P/c1-3-5-7-9-11-13-15-17-18-19-20-21-23-24-26-28-30-32-34-42(46)50-38-41(39-52-54(48,49)51-37-40(45)36-44)53-43(47)35-33-31-29-27-25-22-16-14-12-10-8-6-4-2/h6,8,10,12,14,16,18-22,25,27,29,40-41,44-45H,3-5,7,9,11,13,15,17,23-24,26,28,30-39H2,1-2H3,(H,48,49)/b8-6+,12-10+,16-14+,19-18+,21-20+,25-22+,29-27+/t40-,41?/m1/s1. The van der Waals surface area contributed by atoms with Gasteiger partial charge >= 0.3 is 19.8 Å². The van der Waals surface area contributed by atoms with Gasteiger partial charge in [0.1, 0.15) is 12.7 Å². The van der Waals surface area contributed by atoms with E-state index in [4.69, 9.17) is 19.1 Å². The Bertz CT molecular complexity index is 1170. The van der Waals surface area contributed by atoms with Gasteiger partial charge in [-0.3, -0.25) is 18.6 Å². The zero-order valence-electron chi connectivity index (χ0n) is 33.1. The van der Waals surface area contributed by atoms with Crippen molar-refractivity contribution in [2.24, 2.45) is 0 Å². The van der Waals surface area contributed by atoms with Crippen molar-refractivity contribution in [1.82, 2.24) is 0 Å². The Kier molecular flexibility index (Phi) is 36.4. The maximum absolute atomic E-state index is 12.5. The maximum atomic E-state index is 12.5. The molecule has 0 spiro atoms. The van der Waals surface area contributed by atoms with Crippen molar-refractivity contribution < 1.29 is 47.8 Å². The van der Waals surface area contributed by atoms with Crippen molar-refractivity contribution in [3.8, 4) is 0 Å². The quantitative estimate of drug-likeness (QED) is 0.0243. The van der Waals surface area contributed by atoms with Gasteiger partial charge in [0.15, 0.2) is 6.10 Å². The minimum atomic E-state index is -4.64. The van der Waals surface area contributed by atoms with Gasteiger partial charge in [-0.2, -0.15) is 0 Å². The minimum Gasteiger partial charge on any atom is -0.462 e. The molecule has 54 heavy (non-hydrogen) atoms. The third kappa shape index (κ3) is 37.5. The first kappa shape index (κ1) is 51.1. The predicted octanol–water partition coefficient (Wildman–Crippen LogP) is 10.3. The van der Waals surface area contributed by atoms with Crippen LogP contribution in [-0.4, -0.2) is 65.7 Å². The first-order valence-corrected chi connectivity index (χ1v) is 21.6. The van der Waals surface area contributed by atoms with E-state index in [1.54, 1.807) is 0 Å². The summed E-state index contributed by atoms with van der Waals surface area (Å²) in [4.78, 5) is 34.8. The molecule has 0 saturated carbocycles. The molecule has 0 rings (SSSR count). The highest BCUT2D eigenvalue weighted by Gasteiger charge is 2.27. The molecule has 0 radical (unpaired) electrons. The van der Waals surface area contributed by atoms with Crippen LogP contribution in [0.3, 0.4) is 0 Å². The molecule has 3 N–H and O–H groups in total. The third-order valence-corrected chi connectivity index (χ3v) is 8.89. The molecule has 0 aliphatic rings. The molecule has 0 saturated heterocycles. The van der Waals surface area contributed by atoms with E-state index in [1.165, 1.54) is 44.9 Å². The van der Waals surface area contributed by atoms with Crippen LogP contribution in [0.2, 0.25) is 0 Å². The van der Waals surface area contributed by atoms with Crippen molar-refractivity contribution in [2.75, 3.05) is 26.4 Å². The maximum Gasteiger partial charge on any atom is 0.472 e. The van der Waals surface area contributed by atoms with Crippen LogP contribution in [0.1, 0.15) is 136 Å². The number of allylic oxidation sites excluding steroid dienone is 14. The molecule has 10 nitrogen and oxygen atoms in total. The summed E-state index contributed by atoms with van der Waals surface area (Å²) in [5.41, 5.74) is 0. The lowest BCUT2D eigenvalue weighted by atomic mass is 10.1. The second kappa shape index (κ2) is 38.4.